The summed E-state index contributed by atoms with van der Waals surface area (Å²) in [4.78, 5) is 28.6. The molecular weight excluding hydrogens is 244 g/mol. The topological polar surface area (TPSA) is 70.5 Å². The predicted molar refractivity (Wildman–Crippen MR) is 72.8 cm³/mol. The normalized spacial score (nSPS) is 10.6. The van der Waals surface area contributed by atoms with Crippen LogP contribution in [0.2, 0.25) is 0 Å². The molecule has 0 bridgehead atoms. The van der Waals surface area contributed by atoms with E-state index in [1.54, 1.807) is 17.0 Å². The fourth-order valence-corrected chi connectivity index (χ4v) is 1.71. The molecule has 0 saturated heterocycles. The zero-order chi connectivity index (χ0) is 14.3. The van der Waals surface area contributed by atoms with Gasteiger partial charge in [0.15, 0.2) is 0 Å². The molecule has 1 aromatic heterocycles. The Kier molecular flexibility index (Phi) is 5.73. The smallest absolute Gasteiger partial charge is 0.328 e. The van der Waals surface area contributed by atoms with Crippen molar-refractivity contribution in [3.05, 3.63) is 35.7 Å². The first kappa shape index (κ1) is 14.9. The molecule has 0 aromatic carbocycles. The van der Waals surface area contributed by atoms with Crippen LogP contribution in [-0.4, -0.2) is 40.0 Å². The molecule has 0 aliphatic heterocycles. The van der Waals surface area contributed by atoms with E-state index in [4.69, 9.17) is 5.11 Å². The molecule has 5 heteroatoms. The van der Waals surface area contributed by atoms with Crippen LogP contribution in [-0.2, 0) is 4.79 Å². The highest BCUT2D eigenvalue weighted by Crippen LogP contribution is 2.11. The van der Waals surface area contributed by atoms with Gasteiger partial charge in [0, 0.05) is 30.9 Å². The van der Waals surface area contributed by atoms with Crippen molar-refractivity contribution in [3.63, 3.8) is 0 Å². The summed E-state index contributed by atoms with van der Waals surface area (Å²) in [7, 11) is 0. The zero-order valence-corrected chi connectivity index (χ0v) is 11.2. The van der Waals surface area contributed by atoms with E-state index in [-0.39, 0.29) is 11.6 Å². The first-order chi connectivity index (χ1) is 9.10. The molecule has 19 heavy (non-hydrogen) atoms. The van der Waals surface area contributed by atoms with E-state index in [1.165, 1.54) is 12.3 Å². The van der Waals surface area contributed by atoms with Gasteiger partial charge in [0.05, 0.1) is 0 Å². The minimum Gasteiger partial charge on any atom is -0.478 e. The third kappa shape index (κ3) is 4.21. The van der Waals surface area contributed by atoms with Gasteiger partial charge in [-0.15, -0.1) is 0 Å². The van der Waals surface area contributed by atoms with Crippen molar-refractivity contribution in [1.29, 1.82) is 0 Å². The maximum Gasteiger partial charge on any atom is 0.328 e. The Labute approximate surface area is 112 Å². The highest BCUT2D eigenvalue weighted by atomic mass is 16.4. The summed E-state index contributed by atoms with van der Waals surface area (Å²) in [5.41, 5.74) is 0.805. The summed E-state index contributed by atoms with van der Waals surface area (Å²) in [5, 5.41) is 8.64. The van der Waals surface area contributed by atoms with E-state index >= 15 is 0 Å². The molecule has 0 unspecified atom stereocenters. The van der Waals surface area contributed by atoms with E-state index < -0.39 is 5.97 Å². The molecule has 5 nitrogen and oxygen atoms in total. The van der Waals surface area contributed by atoms with Crippen LogP contribution in [0.1, 0.15) is 36.3 Å². The maximum absolute atomic E-state index is 12.3. The summed E-state index contributed by atoms with van der Waals surface area (Å²) < 4.78 is 0. The maximum atomic E-state index is 12.3. The van der Waals surface area contributed by atoms with Crippen molar-refractivity contribution in [1.82, 2.24) is 9.88 Å². The summed E-state index contributed by atoms with van der Waals surface area (Å²) in [6.07, 6.45) is 4.80. The summed E-state index contributed by atoms with van der Waals surface area (Å²) in [5.74, 6) is -1.22. The van der Waals surface area contributed by atoms with Crippen molar-refractivity contribution in [3.8, 4) is 0 Å². The quantitative estimate of drug-likeness (QED) is 0.796. The van der Waals surface area contributed by atoms with Gasteiger partial charge < -0.3 is 10.0 Å². The molecule has 1 N–H and O–H groups in total. The Balaban J connectivity index is 3.05. The molecule has 0 aliphatic rings. The number of hydrogen-bond acceptors (Lipinski definition) is 3. The summed E-state index contributed by atoms with van der Waals surface area (Å²) >= 11 is 0. The summed E-state index contributed by atoms with van der Waals surface area (Å²) in [6.45, 7) is 5.17. The lowest BCUT2D eigenvalue weighted by molar-refractivity contribution is -0.131. The van der Waals surface area contributed by atoms with Crippen molar-refractivity contribution in [2.24, 2.45) is 0 Å². The number of aliphatic carboxylic acids is 1. The van der Waals surface area contributed by atoms with Gasteiger partial charge >= 0.3 is 5.97 Å². The van der Waals surface area contributed by atoms with Gasteiger partial charge in [-0.3, -0.25) is 9.78 Å². The number of amides is 1. The molecule has 0 saturated carbocycles. The number of rotatable bonds is 6. The number of carbonyl (C=O) groups is 2. The largest absolute Gasteiger partial charge is 0.478 e. The van der Waals surface area contributed by atoms with Crippen molar-refractivity contribution in [2.75, 3.05) is 13.1 Å². The van der Waals surface area contributed by atoms with E-state index in [9.17, 15) is 9.59 Å². The van der Waals surface area contributed by atoms with Gasteiger partial charge in [0.1, 0.15) is 5.69 Å². The van der Waals surface area contributed by atoms with Gasteiger partial charge in [-0.1, -0.05) is 13.0 Å². The third-order valence-corrected chi connectivity index (χ3v) is 2.61. The minimum absolute atomic E-state index is 0.171. The number of carboxylic acids is 1. The monoisotopic (exact) mass is 262 g/mol. The fourth-order valence-electron chi connectivity index (χ4n) is 1.71. The van der Waals surface area contributed by atoms with Crippen molar-refractivity contribution in [2.45, 2.75) is 20.3 Å². The lowest BCUT2D eigenvalue weighted by atomic mass is 10.1. The van der Waals surface area contributed by atoms with E-state index in [0.29, 0.717) is 18.7 Å². The van der Waals surface area contributed by atoms with Gasteiger partial charge in [0.2, 0.25) is 0 Å². The SMILES string of the molecule is CCCN(CC)C(=O)c1ncccc1/C=C/C(=O)O. The van der Waals surface area contributed by atoms with Crippen LogP contribution in [0.15, 0.2) is 24.4 Å². The van der Waals surface area contributed by atoms with Crippen LogP contribution in [0.5, 0.6) is 0 Å². The van der Waals surface area contributed by atoms with Crippen LogP contribution in [0.4, 0.5) is 0 Å². The first-order valence-electron chi connectivity index (χ1n) is 6.25. The Hall–Kier alpha value is -2.17. The second kappa shape index (κ2) is 7.31. The number of nitrogens with zero attached hydrogens (tertiary/aromatic N) is 2. The highest BCUT2D eigenvalue weighted by molar-refractivity contribution is 5.97. The van der Waals surface area contributed by atoms with Crippen LogP contribution in [0.25, 0.3) is 6.08 Å². The molecule has 0 radical (unpaired) electrons. The second-order valence-corrected chi connectivity index (χ2v) is 4.00. The molecule has 0 atom stereocenters. The van der Waals surface area contributed by atoms with Gasteiger partial charge in [-0.25, -0.2) is 4.79 Å². The molecule has 1 heterocycles. The number of pyridine rings is 1. The van der Waals surface area contributed by atoms with Crippen molar-refractivity contribution < 1.29 is 14.7 Å². The van der Waals surface area contributed by atoms with E-state index in [2.05, 4.69) is 4.98 Å². The van der Waals surface area contributed by atoms with E-state index in [0.717, 1.165) is 12.5 Å². The van der Waals surface area contributed by atoms with Crippen LogP contribution < -0.4 is 0 Å². The predicted octanol–water partition coefficient (Wildman–Crippen LogP) is 2.05. The van der Waals surface area contributed by atoms with Gasteiger partial charge in [0.25, 0.3) is 5.91 Å². The molecule has 0 fully saturated rings. The standard InChI is InChI=1S/C14H18N2O3/c1-3-10-16(4-2)14(19)13-11(6-5-9-15-13)7-8-12(17)18/h5-9H,3-4,10H2,1-2H3,(H,17,18)/b8-7+. The molecule has 0 spiro atoms. The Bertz CT molecular complexity index is 483. The van der Waals surface area contributed by atoms with Crippen LogP contribution >= 0.6 is 0 Å². The first-order valence-corrected chi connectivity index (χ1v) is 6.25. The summed E-state index contributed by atoms with van der Waals surface area (Å²) in [6, 6.07) is 3.36. The number of aromatic nitrogens is 1. The number of carbonyl (C=O) groups excluding carboxylic acids is 1. The number of carboxylic acid groups (broad SMARTS) is 1. The van der Waals surface area contributed by atoms with Crippen LogP contribution in [0, 0.1) is 0 Å². The highest BCUT2D eigenvalue weighted by Gasteiger charge is 2.17. The van der Waals surface area contributed by atoms with E-state index in [1.807, 2.05) is 13.8 Å². The van der Waals surface area contributed by atoms with Gasteiger partial charge in [-0.2, -0.15) is 0 Å². The molecule has 1 amide bonds. The zero-order valence-electron chi connectivity index (χ0n) is 11.2. The second-order valence-electron chi connectivity index (χ2n) is 4.00. The average molecular weight is 262 g/mol. The molecule has 1 rings (SSSR count). The average Bonchev–Trinajstić information content (AvgIpc) is 2.42. The molecule has 102 valence electrons. The van der Waals surface area contributed by atoms with Gasteiger partial charge in [-0.05, 0) is 25.5 Å². The lowest BCUT2D eigenvalue weighted by Gasteiger charge is -2.20. The molecular formula is C14H18N2O3. The van der Waals surface area contributed by atoms with Crippen molar-refractivity contribution >= 4 is 18.0 Å². The molecule has 1 aromatic rings. The number of hydrogen-bond donors (Lipinski definition) is 1. The fraction of sp³-hybridized carbons (Fsp3) is 0.357. The minimum atomic E-state index is -1.05. The Morgan fingerprint density at radius 2 is 2.16 bits per heavy atom. The Morgan fingerprint density at radius 3 is 2.74 bits per heavy atom. The lowest BCUT2D eigenvalue weighted by Crippen LogP contribution is -2.32. The third-order valence-electron chi connectivity index (χ3n) is 2.61. The molecule has 0 aliphatic carbocycles. The Morgan fingerprint density at radius 1 is 1.42 bits per heavy atom. The van der Waals surface area contributed by atoms with Crippen LogP contribution in [0.3, 0.4) is 0 Å².